The standard InChI is InChI=1S/C17H19FN2O3S/c1-12-7-8-16(13(2)9-12)24(22,23)20-11-17(21)19-10-14-5-3-4-6-15(14)18/h3-9,20H,10-11H2,1-2H3,(H,19,21). The Kier molecular flexibility index (Phi) is 5.69. The molecule has 0 heterocycles. The zero-order valence-corrected chi connectivity index (χ0v) is 14.3. The molecule has 2 aromatic carbocycles. The van der Waals surface area contributed by atoms with Crippen LogP contribution in [0.1, 0.15) is 16.7 Å². The maximum atomic E-state index is 13.5. The monoisotopic (exact) mass is 350 g/mol. The molecule has 0 radical (unpaired) electrons. The van der Waals surface area contributed by atoms with Crippen LogP contribution in [-0.4, -0.2) is 20.9 Å². The second-order valence-electron chi connectivity index (χ2n) is 5.46. The Morgan fingerprint density at radius 2 is 1.83 bits per heavy atom. The van der Waals surface area contributed by atoms with Crippen molar-refractivity contribution in [2.24, 2.45) is 0 Å². The number of carbonyl (C=O) groups excluding carboxylic acids is 1. The molecule has 0 spiro atoms. The quantitative estimate of drug-likeness (QED) is 0.837. The molecule has 0 aliphatic heterocycles. The number of nitrogens with one attached hydrogen (secondary N) is 2. The van der Waals surface area contributed by atoms with Crippen LogP contribution < -0.4 is 10.0 Å². The highest BCUT2D eigenvalue weighted by molar-refractivity contribution is 7.89. The number of hydrogen-bond donors (Lipinski definition) is 2. The largest absolute Gasteiger partial charge is 0.351 e. The third kappa shape index (κ3) is 4.62. The Hall–Kier alpha value is -2.25. The Labute approximate surface area is 141 Å². The highest BCUT2D eigenvalue weighted by Crippen LogP contribution is 2.15. The maximum Gasteiger partial charge on any atom is 0.241 e. The first-order valence-corrected chi connectivity index (χ1v) is 8.85. The van der Waals surface area contributed by atoms with Crippen molar-refractivity contribution in [3.05, 3.63) is 65.0 Å². The lowest BCUT2D eigenvalue weighted by atomic mass is 10.2. The van der Waals surface area contributed by atoms with Crippen LogP contribution in [0.2, 0.25) is 0 Å². The summed E-state index contributed by atoms with van der Waals surface area (Å²) in [6, 6.07) is 11.0. The Morgan fingerprint density at radius 1 is 1.12 bits per heavy atom. The van der Waals surface area contributed by atoms with Gasteiger partial charge in [-0.1, -0.05) is 35.9 Å². The summed E-state index contributed by atoms with van der Waals surface area (Å²) in [6.45, 7) is 3.15. The fourth-order valence-electron chi connectivity index (χ4n) is 2.24. The number of carbonyl (C=O) groups is 1. The lowest BCUT2D eigenvalue weighted by molar-refractivity contribution is -0.120. The first-order chi connectivity index (χ1) is 11.3. The number of aryl methyl sites for hydroxylation is 2. The fraction of sp³-hybridized carbons (Fsp3) is 0.235. The molecule has 2 N–H and O–H groups in total. The summed E-state index contributed by atoms with van der Waals surface area (Å²) in [5.74, 6) is -0.958. The molecule has 24 heavy (non-hydrogen) atoms. The average molecular weight is 350 g/mol. The number of rotatable bonds is 6. The molecular weight excluding hydrogens is 331 g/mol. The summed E-state index contributed by atoms with van der Waals surface area (Å²) in [6.07, 6.45) is 0. The van der Waals surface area contributed by atoms with Crippen LogP contribution in [0.5, 0.6) is 0 Å². The van der Waals surface area contributed by atoms with Crippen LogP contribution in [-0.2, 0) is 21.4 Å². The molecule has 128 valence electrons. The number of sulfonamides is 1. The van der Waals surface area contributed by atoms with E-state index in [9.17, 15) is 17.6 Å². The van der Waals surface area contributed by atoms with Gasteiger partial charge in [0.05, 0.1) is 11.4 Å². The van der Waals surface area contributed by atoms with Crippen molar-refractivity contribution >= 4 is 15.9 Å². The number of benzene rings is 2. The van der Waals surface area contributed by atoms with Crippen molar-refractivity contribution in [3.8, 4) is 0 Å². The molecule has 0 unspecified atom stereocenters. The van der Waals surface area contributed by atoms with Crippen molar-refractivity contribution in [2.45, 2.75) is 25.3 Å². The van der Waals surface area contributed by atoms with Crippen molar-refractivity contribution < 1.29 is 17.6 Å². The highest BCUT2D eigenvalue weighted by Gasteiger charge is 2.17. The molecule has 7 heteroatoms. The molecule has 0 bridgehead atoms. The van der Waals surface area contributed by atoms with E-state index in [1.165, 1.54) is 12.1 Å². The smallest absolute Gasteiger partial charge is 0.241 e. The van der Waals surface area contributed by atoms with Crippen molar-refractivity contribution in [3.63, 3.8) is 0 Å². The number of halogens is 1. The van der Waals surface area contributed by atoms with Gasteiger partial charge >= 0.3 is 0 Å². The van der Waals surface area contributed by atoms with E-state index in [1.807, 2.05) is 6.92 Å². The lowest BCUT2D eigenvalue weighted by Gasteiger charge is -2.10. The van der Waals surface area contributed by atoms with Crippen molar-refractivity contribution in [1.29, 1.82) is 0 Å². The van der Waals surface area contributed by atoms with E-state index < -0.39 is 28.3 Å². The predicted molar refractivity (Wildman–Crippen MR) is 89.4 cm³/mol. The fourth-order valence-corrected chi connectivity index (χ4v) is 3.44. The van der Waals surface area contributed by atoms with Gasteiger partial charge in [0.1, 0.15) is 5.82 Å². The molecule has 0 saturated carbocycles. The van der Waals surface area contributed by atoms with Gasteiger partial charge in [-0.15, -0.1) is 0 Å². The molecule has 0 aromatic heterocycles. The van der Waals surface area contributed by atoms with E-state index in [0.717, 1.165) is 5.56 Å². The molecular formula is C17H19FN2O3S. The zero-order valence-electron chi connectivity index (χ0n) is 13.5. The molecule has 0 atom stereocenters. The summed E-state index contributed by atoms with van der Waals surface area (Å²) in [5.41, 5.74) is 1.89. The van der Waals surface area contributed by atoms with Gasteiger partial charge in [0.2, 0.25) is 15.9 Å². The van der Waals surface area contributed by atoms with E-state index in [4.69, 9.17) is 0 Å². The zero-order chi connectivity index (χ0) is 17.7. The molecule has 5 nitrogen and oxygen atoms in total. The molecule has 2 aromatic rings. The SMILES string of the molecule is Cc1ccc(S(=O)(=O)NCC(=O)NCc2ccccc2F)c(C)c1. The van der Waals surface area contributed by atoms with E-state index in [-0.39, 0.29) is 11.4 Å². The maximum absolute atomic E-state index is 13.5. The average Bonchev–Trinajstić information content (AvgIpc) is 2.52. The van der Waals surface area contributed by atoms with Crippen LogP contribution in [0.25, 0.3) is 0 Å². The van der Waals surface area contributed by atoms with Crippen LogP contribution in [0.15, 0.2) is 47.4 Å². The minimum absolute atomic E-state index is 0.00318. The molecule has 0 aliphatic rings. The first kappa shape index (κ1) is 18.1. The summed E-state index contributed by atoms with van der Waals surface area (Å²) in [5, 5.41) is 2.48. The van der Waals surface area contributed by atoms with Crippen LogP contribution in [0, 0.1) is 19.7 Å². The van der Waals surface area contributed by atoms with Gasteiger partial charge in [-0.05, 0) is 31.5 Å². The molecule has 0 aliphatic carbocycles. The van der Waals surface area contributed by atoms with Gasteiger partial charge in [0.25, 0.3) is 0 Å². The second-order valence-corrected chi connectivity index (χ2v) is 7.20. The summed E-state index contributed by atoms with van der Waals surface area (Å²) < 4.78 is 40.2. The minimum atomic E-state index is -3.78. The van der Waals surface area contributed by atoms with E-state index in [2.05, 4.69) is 10.0 Å². The Balaban J connectivity index is 1.94. The van der Waals surface area contributed by atoms with Gasteiger partial charge in [-0.3, -0.25) is 4.79 Å². The minimum Gasteiger partial charge on any atom is -0.351 e. The normalized spacial score (nSPS) is 11.3. The third-order valence-electron chi connectivity index (χ3n) is 3.48. The van der Waals surface area contributed by atoms with Gasteiger partial charge in [-0.2, -0.15) is 0 Å². The van der Waals surface area contributed by atoms with Gasteiger partial charge in [0.15, 0.2) is 0 Å². The summed E-state index contributed by atoms with van der Waals surface area (Å²) in [7, 11) is -3.78. The predicted octanol–water partition coefficient (Wildman–Crippen LogP) is 2.04. The van der Waals surface area contributed by atoms with E-state index in [0.29, 0.717) is 11.1 Å². The van der Waals surface area contributed by atoms with Crippen LogP contribution in [0.3, 0.4) is 0 Å². The van der Waals surface area contributed by atoms with Crippen LogP contribution >= 0.6 is 0 Å². The molecule has 0 saturated heterocycles. The van der Waals surface area contributed by atoms with Gasteiger partial charge < -0.3 is 5.32 Å². The summed E-state index contributed by atoms with van der Waals surface area (Å²) >= 11 is 0. The van der Waals surface area contributed by atoms with Crippen LogP contribution in [0.4, 0.5) is 4.39 Å². The number of hydrogen-bond acceptors (Lipinski definition) is 3. The first-order valence-electron chi connectivity index (χ1n) is 7.36. The molecule has 2 rings (SSSR count). The Bertz CT molecular complexity index is 851. The van der Waals surface area contributed by atoms with E-state index >= 15 is 0 Å². The number of amides is 1. The van der Waals surface area contributed by atoms with Gasteiger partial charge in [-0.25, -0.2) is 17.5 Å². The molecule has 1 amide bonds. The second kappa shape index (κ2) is 7.55. The Morgan fingerprint density at radius 3 is 2.50 bits per heavy atom. The highest BCUT2D eigenvalue weighted by atomic mass is 32.2. The topological polar surface area (TPSA) is 75.3 Å². The van der Waals surface area contributed by atoms with Crippen molar-refractivity contribution in [2.75, 3.05) is 6.54 Å². The summed E-state index contributed by atoms with van der Waals surface area (Å²) in [4.78, 5) is 11.9. The van der Waals surface area contributed by atoms with Crippen molar-refractivity contribution in [1.82, 2.24) is 10.0 Å². The van der Waals surface area contributed by atoms with Gasteiger partial charge in [0, 0.05) is 12.1 Å². The molecule has 0 fully saturated rings. The third-order valence-corrected chi connectivity index (χ3v) is 5.04. The lowest BCUT2D eigenvalue weighted by Crippen LogP contribution is -2.36. The van der Waals surface area contributed by atoms with E-state index in [1.54, 1.807) is 37.3 Å².